The maximum atomic E-state index is 12.6. The highest BCUT2D eigenvalue weighted by Crippen LogP contribution is 2.28. The number of hydrogen-bond acceptors (Lipinski definition) is 4. The van der Waals surface area contributed by atoms with Crippen LogP contribution in [0.4, 0.5) is 0 Å². The fourth-order valence-electron chi connectivity index (χ4n) is 2.67. The SMILES string of the molecule is CCC(CNS(=O)(=O)c1ccc(C(C)=O)cc1)(OC)c1ccccc1. The molecule has 0 heterocycles. The molecule has 25 heavy (non-hydrogen) atoms. The van der Waals surface area contributed by atoms with Crippen molar-refractivity contribution in [2.24, 2.45) is 0 Å². The Bertz CT molecular complexity index is 810. The van der Waals surface area contributed by atoms with E-state index >= 15 is 0 Å². The van der Waals surface area contributed by atoms with Crippen LogP contribution in [0.15, 0.2) is 59.5 Å². The smallest absolute Gasteiger partial charge is 0.240 e. The molecule has 134 valence electrons. The Morgan fingerprint density at radius 2 is 1.68 bits per heavy atom. The van der Waals surface area contributed by atoms with Gasteiger partial charge in [0.2, 0.25) is 10.0 Å². The minimum absolute atomic E-state index is 0.106. The first-order valence-electron chi connectivity index (χ1n) is 8.06. The number of sulfonamides is 1. The lowest BCUT2D eigenvalue weighted by Gasteiger charge is -2.32. The van der Waals surface area contributed by atoms with E-state index in [4.69, 9.17) is 4.74 Å². The fourth-order valence-corrected chi connectivity index (χ4v) is 3.76. The topological polar surface area (TPSA) is 72.5 Å². The van der Waals surface area contributed by atoms with Gasteiger partial charge in [-0.2, -0.15) is 0 Å². The Labute approximate surface area is 149 Å². The zero-order valence-electron chi connectivity index (χ0n) is 14.7. The van der Waals surface area contributed by atoms with Crippen molar-refractivity contribution in [3.05, 3.63) is 65.7 Å². The molecule has 0 saturated carbocycles. The number of nitrogens with one attached hydrogen (secondary N) is 1. The number of rotatable bonds is 8. The van der Waals surface area contributed by atoms with Crippen molar-refractivity contribution in [1.82, 2.24) is 4.72 Å². The molecule has 1 unspecified atom stereocenters. The molecular weight excluding hydrogens is 338 g/mol. The van der Waals surface area contributed by atoms with Gasteiger partial charge in [0.05, 0.1) is 4.90 Å². The van der Waals surface area contributed by atoms with E-state index < -0.39 is 15.6 Å². The summed E-state index contributed by atoms with van der Waals surface area (Å²) < 4.78 is 33.5. The Balaban J connectivity index is 2.23. The normalized spacial score (nSPS) is 14.0. The minimum Gasteiger partial charge on any atom is -0.372 e. The van der Waals surface area contributed by atoms with Crippen LogP contribution in [-0.4, -0.2) is 27.9 Å². The van der Waals surface area contributed by atoms with E-state index in [2.05, 4.69) is 4.72 Å². The Hall–Kier alpha value is -2.02. The average Bonchev–Trinajstić information content (AvgIpc) is 2.64. The van der Waals surface area contributed by atoms with Crippen LogP contribution in [0.25, 0.3) is 0 Å². The number of methoxy groups -OCH3 is 1. The molecule has 0 aliphatic carbocycles. The maximum Gasteiger partial charge on any atom is 0.240 e. The molecule has 0 aliphatic rings. The molecule has 1 atom stereocenters. The third kappa shape index (κ3) is 4.34. The van der Waals surface area contributed by atoms with Crippen molar-refractivity contribution in [2.75, 3.05) is 13.7 Å². The maximum absolute atomic E-state index is 12.6. The second kappa shape index (κ2) is 7.91. The van der Waals surface area contributed by atoms with Gasteiger partial charge in [-0.25, -0.2) is 13.1 Å². The largest absolute Gasteiger partial charge is 0.372 e. The summed E-state index contributed by atoms with van der Waals surface area (Å²) >= 11 is 0. The van der Waals surface area contributed by atoms with E-state index in [1.807, 2.05) is 37.3 Å². The monoisotopic (exact) mass is 361 g/mol. The van der Waals surface area contributed by atoms with Gasteiger partial charge in [0, 0.05) is 19.2 Å². The number of Topliss-reactive ketones (excluding diaryl/α,β-unsaturated/α-hetero) is 1. The molecule has 1 N–H and O–H groups in total. The van der Waals surface area contributed by atoms with Gasteiger partial charge in [0.1, 0.15) is 5.60 Å². The third-order valence-corrected chi connectivity index (χ3v) is 5.80. The number of ether oxygens (including phenoxy) is 1. The number of carbonyl (C=O) groups excluding carboxylic acids is 1. The molecule has 0 amide bonds. The molecule has 6 heteroatoms. The summed E-state index contributed by atoms with van der Waals surface area (Å²) in [6.45, 7) is 3.50. The van der Waals surface area contributed by atoms with Crippen LogP contribution in [0.5, 0.6) is 0 Å². The summed E-state index contributed by atoms with van der Waals surface area (Å²) in [6, 6.07) is 15.4. The third-order valence-electron chi connectivity index (χ3n) is 4.38. The predicted molar refractivity (Wildman–Crippen MR) is 97.1 cm³/mol. The van der Waals surface area contributed by atoms with Crippen molar-refractivity contribution in [1.29, 1.82) is 0 Å². The van der Waals surface area contributed by atoms with E-state index in [0.717, 1.165) is 5.56 Å². The average molecular weight is 361 g/mol. The van der Waals surface area contributed by atoms with Crippen LogP contribution in [0.1, 0.15) is 36.2 Å². The Morgan fingerprint density at radius 3 is 2.16 bits per heavy atom. The molecule has 2 aromatic rings. The van der Waals surface area contributed by atoms with Crippen LogP contribution in [0.3, 0.4) is 0 Å². The molecule has 0 radical (unpaired) electrons. The lowest BCUT2D eigenvalue weighted by Crippen LogP contribution is -2.41. The second-order valence-corrected chi connectivity index (χ2v) is 7.59. The summed E-state index contributed by atoms with van der Waals surface area (Å²) in [5, 5.41) is 0. The molecule has 0 saturated heterocycles. The van der Waals surface area contributed by atoms with Gasteiger partial charge in [-0.05, 0) is 31.0 Å². The summed E-state index contributed by atoms with van der Waals surface area (Å²) in [6.07, 6.45) is 0.610. The summed E-state index contributed by atoms with van der Waals surface area (Å²) in [7, 11) is -2.13. The van der Waals surface area contributed by atoms with Crippen molar-refractivity contribution in [2.45, 2.75) is 30.8 Å². The zero-order valence-corrected chi connectivity index (χ0v) is 15.5. The van der Waals surface area contributed by atoms with E-state index in [1.54, 1.807) is 7.11 Å². The number of ketones is 1. The molecular formula is C19H23NO4S. The molecule has 5 nitrogen and oxygen atoms in total. The van der Waals surface area contributed by atoms with Crippen LogP contribution in [-0.2, 0) is 20.4 Å². The zero-order chi connectivity index (χ0) is 18.5. The standard InChI is InChI=1S/C19H23NO4S/c1-4-19(24-3,17-8-6-5-7-9-17)14-20-25(22,23)18-12-10-16(11-13-18)15(2)21/h5-13,20H,4,14H2,1-3H3. The molecule has 0 aliphatic heterocycles. The Kier molecular flexibility index (Phi) is 6.11. The van der Waals surface area contributed by atoms with Gasteiger partial charge in [0.15, 0.2) is 5.78 Å². The fraction of sp³-hybridized carbons (Fsp3) is 0.316. The molecule has 0 spiro atoms. The van der Waals surface area contributed by atoms with Gasteiger partial charge in [-0.15, -0.1) is 0 Å². The lowest BCUT2D eigenvalue weighted by atomic mass is 9.91. The summed E-state index contributed by atoms with van der Waals surface area (Å²) in [4.78, 5) is 11.4. The quantitative estimate of drug-likeness (QED) is 0.733. The molecule has 2 aromatic carbocycles. The van der Waals surface area contributed by atoms with Gasteiger partial charge in [-0.3, -0.25) is 4.79 Å². The molecule has 0 aromatic heterocycles. The van der Waals surface area contributed by atoms with E-state index in [9.17, 15) is 13.2 Å². The summed E-state index contributed by atoms with van der Waals surface area (Å²) in [5.41, 5.74) is 0.644. The minimum atomic E-state index is -3.71. The van der Waals surface area contributed by atoms with E-state index in [1.165, 1.54) is 31.2 Å². The summed E-state index contributed by atoms with van der Waals surface area (Å²) in [5.74, 6) is -0.106. The van der Waals surface area contributed by atoms with Crippen LogP contribution >= 0.6 is 0 Å². The lowest BCUT2D eigenvalue weighted by molar-refractivity contribution is -0.0133. The molecule has 0 fully saturated rings. The first-order valence-corrected chi connectivity index (χ1v) is 9.54. The highest BCUT2D eigenvalue weighted by Gasteiger charge is 2.32. The van der Waals surface area contributed by atoms with Crippen molar-refractivity contribution >= 4 is 15.8 Å². The van der Waals surface area contributed by atoms with Crippen molar-refractivity contribution in [3.8, 4) is 0 Å². The first-order chi connectivity index (χ1) is 11.8. The van der Waals surface area contributed by atoms with Gasteiger partial charge in [0.25, 0.3) is 0 Å². The number of carbonyl (C=O) groups is 1. The molecule has 0 bridgehead atoms. The number of hydrogen-bond donors (Lipinski definition) is 1. The van der Waals surface area contributed by atoms with Crippen molar-refractivity contribution < 1.29 is 17.9 Å². The number of benzene rings is 2. The molecule has 2 rings (SSSR count). The van der Waals surface area contributed by atoms with Gasteiger partial charge < -0.3 is 4.74 Å². The second-order valence-electron chi connectivity index (χ2n) is 5.82. The van der Waals surface area contributed by atoms with Gasteiger partial charge >= 0.3 is 0 Å². The van der Waals surface area contributed by atoms with Crippen LogP contribution < -0.4 is 4.72 Å². The highest BCUT2D eigenvalue weighted by molar-refractivity contribution is 7.89. The van der Waals surface area contributed by atoms with Crippen LogP contribution in [0, 0.1) is 0 Å². The highest BCUT2D eigenvalue weighted by atomic mass is 32.2. The predicted octanol–water partition coefficient (Wildman–Crippen LogP) is 3.12. The van der Waals surface area contributed by atoms with Gasteiger partial charge in [-0.1, -0.05) is 49.4 Å². The Morgan fingerprint density at radius 1 is 1.08 bits per heavy atom. The van der Waals surface area contributed by atoms with Crippen LogP contribution in [0.2, 0.25) is 0 Å². The van der Waals surface area contributed by atoms with E-state index in [0.29, 0.717) is 12.0 Å². The van der Waals surface area contributed by atoms with E-state index in [-0.39, 0.29) is 17.2 Å². The van der Waals surface area contributed by atoms with Crippen molar-refractivity contribution in [3.63, 3.8) is 0 Å². The first kappa shape index (κ1) is 19.3.